The quantitative estimate of drug-likeness (QED) is 0.683. The lowest BCUT2D eigenvalue weighted by Gasteiger charge is -2.49. The second kappa shape index (κ2) is 3.13. The van der Waals surface area contributed by atoms with Gasteiger partial charge >= 0.3 is 0 Å². The molecule has 4 rings (SSSR count). The summed E-state index contributed by atoms with van der Waals surface area (Å²) >= 11 is 0. The first-order valence-electron chi connectivity index (χ1n) is 7.09. The van der Waals surface area contributed by atoms with Gasteiger partial charge in [0.2, 0.25) is 5.79 Å². The van der Waals surface area contributed by atoms with Gasteiger partial charge in [0.25, 0.3) is 0 Å². The van der Waals surface area contributed by atoms with Crippen LogP contribution in [0.15, 0.2) is 11.6 Å². The van der Waals surface area contributed by atoms with Gasteiger partial charge in [-0.1, -0.05) is 0 Å². The molecule has 104 valence electrons. The van der Waals surface area contributed by atoms with E-state index in [2.05, 4.69) is 0 Å². The standard InChI is InChI=1S/C15H20O4/c1-12(2)8-10-11(16)13(4-5-13)9-14(6-7-14)15(10,17-3)19-18-12/h8H,4-7,9H2,1-3H3. The lowest BCUT2D eigenvalue weighted by molar-refractivity contribution is -0.465. The highest BCUT2D eigenvalue weighted by Gasteiger charge is 2.75. The van der Waals surface area contributed by atoms with Crippen molar-refractivity contribution in [1.29, 1.82) is 0 Å². The molecule has 2 spiro atoms. The third-order valence-electron chi connectivity index (χ3n) is 5.32. The first-order chi connectivity index (χ1) is 8.89. The zero-order valence-corrected chi connectivity index (χ0v) is 11.7. The third-order valence-corrected chi connectivity index (χ3v) is 5.32. The molecule has 1 heterocycles. The van der Waals surface area contributed by atoms with Crippen molar-refractivity contribution in [2.75, 3.05) is 7.11 Å². The summed E-state index contributed by atoms with van der Waals surface area (Å²) in [4.78, 5) is 24.0. The molecule has 4 heteroatoms. The van der Waals surface area contributed by atoms with Gasteiger partial charge in [0.1, 0.15) is 5.60 Å². The smallest absolute Gasteiger partial charge is 0.236 e. The van der Waals surface area contributed by atoms with Crippen molar-refractivity contribution < 1.29 is 19.3 Å². The topological polar surface area (TPSA) is 44.8 Å². The zero-order chi connectivity index (χ0) is 13.5. The summed E-state index contributed by atoms with van der Waals surface area (Å²) in [5.41, 5.74) is -0.0286. The Balaban J connectivity index is 1.89. The minimum absolute atomic E-state index is 0.0471. The summed E-state index contributed by atoms with van der Waals surface area (Å²) in [6.45, 7) is 3.81. The van der Waals surface area contributed by atoms with Crippen LogP contribution in [0.3, 0.4) is 0 Å². The third kappa shape index (κ3) is 1.32. The van der Waals surface area contributed by atoms with Gasteiger partial charge in [-0.2, -0.15) is 4.89 Å². The fraction of sp³-hybridized carbons (Fsp3) is 0.800. The average Bonchev–Trinajstić information content (AvgIpc) is 3.26. The number of carbonyl (C=O) groups excluding carboxylic acids is 1. The summed E-state index contributed by atoms with van der Waals surface area (Å²) in [7, 11) is 1.62. The van der Waals surface area contributed by atoms with E-state index in [4.69, 9.17) is 14.5 Å². The van der Waals surface area contributed by atoms with Crippen LogP contribution >= 0.6 is 0 Å². The maximum absolute atomic E-state index is 12.8. The number of Topliss-reactive ketones (excluding diaryl/α,β-unsaturated/α-hetero) is 1. The summed E-state index contributed by atoms with van der Waals surface area (Å²) in [5.74, 6) is -0.740. The second-order valence-corrected chi connectivity index (χ2v) is 7.22. The van der Waals surface area contributed by atoms with Crippen molar-refractivity contribution in [1.82, 2.24) is 0 Å². The molecule has 1 unspecified atom stereocenters. The molecule has 1 aliphatic heterocycles. The number of ether oxygens (including phenoxy) is 1. The van der Waals surface area contributed by atoms with E-state index < -0.39 is 11.4 Å². The van der Waals surface area contributed by atoms with Crippen molar-refractivity contribution >= 4 is 5.78 Å². The highest BCUT2D eigenvalue weighted by molar-refractivity contribution is 6.04. The van der Waals surface area contributed by atoms with Crippen LogP contribution in [-0.2, 0) is 19.3 Å². The SMILES string of the molecule is COC12OOC(C)(C)C=C1C(=O)C1(CC1)CC21CC1. The molecule has 0 aromatic heterocycles. The molecule has 0 amide bonds. The van der Waals surface area contributed by atoms with Crippen LogP contribution in [-0.4, -0.2) is 24.3 Å². The molecule has 4 aliphatic rings. The van der Waals surface area contributed by atoms with E-state index in [1.807, 2.05) is 19.9 Å². The Morgan fingerprint density at radius 1 is 1.16 bits per heavy atom. The van der Waals surface area contributed by atoms with Crippen molar-refractivity contribution in [3.05, 3.63) is 11.6 Å². The zero-order valence-electron chi connectivity index (χ0n) is 11.7. The van der Waals surface area contributed by atoms with Gasteiger partial charge in [0.15, 0.2) is 5.78 Å². The van der Waals surface area contributed by atoms with Gasteiger partial charge in [0.05, 0.1) is 5.57 Å². The number of rotatable bonds is 1. The lowest BCUT2D eigenvalue weighted by Crippen LogP contribution is -2.58. The van der Waals surface area contributed by atoms with E-state index in [9.17, 15) is 4.79 Å². The molecular weight excluding hydrogens is 244 g/mol. The van der Waals surface area contributed by atoms with Gasteiger partial charge in [-0.3, -0.25) is 4.79 Å². The van der Waals surface area contributed by atoms with Crippen molar-refractivity contribution in [2.45, 2.75) is 57.3 Å². The molecule has 0 aromatic carbocycles. The van der Waals surface area contributed by atoms with Gasteiger partial charge in [-0.15, -0.1) is 0 Å². The minimum Gasteiger partial charge on any atom is -0.347 e. The highest BCUT2D eigenvalue weighted by Crippen LogP contribution is 2.73. The van der Waals surface area contributed by atoms with Crippen LogP contribution in [0.2, 0.25) is 0 Å². The van der Waals surface area contributed by atoms with E-state index >= 15 is 0 Å². The number of fused-ring (bicyclic) bond motifs is 2. The van der Waals surface area contributed by atoms with Gasteiger partial charge in [-0.25, -0.2) is 4.89 Å². The van der Waals surface area contributed by atoms with Crippen molar-refractivity contribution in [3.8, 4) is 0 Å². The Bertz CT molecular complexity index is 496. The highest BCUT2D eigenvalue weighted by atomic mass is 17.2. The molecule has 19 heavy (non-hydrogen) atoms. The average molecular weight is 264 g/mol. The molecular formula is C15H20O4. The van der Waals surface area contributed by atoms with Crippen LogP contribution in [0, 0.1) is 10.8 Å². The van der Waals surface area contributed by atoms with E-state index in [1.54, 1.807) is 7.11 Å². The molecule has 0 N–H and O–H groups in total. The summed E-state index contributed by atoms with van der Waals surface area (Å²) in [5, 5.41) is 0. The summed E-state index contributed by atoms with van der Waals surface area (Å²) in [6.07, 6.45) is 6.96. The van der Waals surface area contributed by atoms with E-state index in [0.29, 0.717) is 5.57 Å². The Morgan fingerprint density at radius 2 is 1.84 bits per heavy atom. The molecule has 1 atom stereocenters. The predicted octanol–water partition coefficient (Wildman–Crippen LogP) is 2.53. The van der Waals surface area contributed by atoms with Gasteiger partial charge < -0.3 is 4.74 Å². The molecule has 0 saturated heterocycles. The van der Waals surface area contributed by atoms with Crippen LogP contribution in [0.1, 0.15) is 46.0 Å². The Hall–Kier alpha value is -0.710. The van der Waals surface area contributed by atoms with Crippen LogP contribution in [0.4, 0.5) is 0 Å². The Labute approximate surface area is 113 Å². The molecule has 0 radical (unpaired) electrons. The number of carbonyl (C=O) groups is 1. The Kier molecular flexibility index (Phi) is 1.99. The lowest BCUT2D eigenvalue weighted by atomic mass is 9.67. The molecule has 3 aliphatic carbocycles. The fourth-order valence-corrected chi connectivity index (χ4v) is 3.97. The van der Waals surface area contributed by atoms with Crippen LogP contribution in [0.25, 0.3) is 0 Å². The molecule has 3 saturated carbocycles. The summed E-state index contributed by atoms with van der Waals surface area (Å²) in [6, 6.07) is 0. The van der Waals surface area contributed by atoms with Crippen LogP contribution < -0.4 is 0 Å². The maximum atomic E-state index is 12.8. The number of methoxy groups -OCH3 is 1. The number of hydrogen-bond donors (Lipinski definition) is 0. The van der Waals surface area contributed by atoms with E-state index in [1.165, 1.54) is 0 Å². The monoisotopic (exact) mass is 264 g/mol. The minimum atomic E-state index is -0.965. The normalized spacial score (nSPS) is 39.9. The van der Waals surface area contributed by atoms with Gasteiger partial charge in [0, 0.05) is 17.9 Å². The number of ketones is 1. The van der Waals surface area contributed by atoms with Crippen molar-refractivity contribution in [3.63, 3.8) is 0 Å². The largest absolute Gasteiger partial charge is 0.347 e. The predicted molar refractivity (Wildman–Crippen MR) is 67.0 cm³/mol. The fourth-order valence-electron chi connectivity index (χ4n) is 3.97. The molecule has 0 aromatic rings. The van der Waals surface area contributed by atoms with Gasteiger partial charge in [-0.05, 0) is 52.0 Å². The molecule has 3 fully saturated rings. The first kappa shape index (κ1) is 12.1. The Morgan fingerprint density at radius 3 is 2.37 bits per heavy atom. The maximum Gasteiger partial charge on any atom is 0.236 e. The van der Waals surface area contributed by atoms with Crippen molar-refractivity contribution in [2.24, 2.45) is 10.8 Å². The molecule has 4 nitrogen and oxygen atoms in total. The summed E-state index contributed by atoms with van der Waals surface area (Å²) < 4.78 is 5.71. The van der Waals surface area contributed by atoms with Crippen LogP contribution in [0.5, 0.6) is 0 Å². The van der Waals surface area contributed by atoms with E-state index in [0.717, 1.165) is 32.1 Å². The first-order valence-corrected chi connectivity index (χ1v) is 7.09. The number of hydrogen-bond acceptors (Lipinski definition) is 4. The van der Waals surface area contributed by atoms with E-state index in [-0.39, 0.29) is 16.6 Å². The molecule has 0 bridgehead atoms. The second-order valence-electron chi connectivity index (χ2n) is 7.22.